The molecule has 0 aliphatic carbocycles. The van der Waals surface area contributed by atoms with Gasteiger partial charge >= 0.3 is 21.1 Å². The van der Waals surface area contributed by atoms with Gasteiger partial charge in [0.25, 0.3) is 0 Å². The molecule has 7 nitrogen and oxygen atoms in total. The first kappa shape index (κ1) is 23.8. The van der Waals surface area contributed by atoms with E-state index in [1.54, 1.807) is 10.9 Å². The predicted molar refractivity (Wildman–Crippen MR) is 83.6 cm³/mol. The van der Waals surface area contributed by atoms with E-state index in [4.69, 9.17) is 9.47 Å². The Hall–Kier alpha value is -1.48. The zero-order valence-corrected chi connectivity index (χ0v) is 16.4. The summed E-state index contributed by atoms with van der Waals surface area (Å²) >= 11 is 0. The van der Waals surface area contributed by atoms with Crippen LogP contribution in [0.1, 0.15) is 19.0 Å². The summed E-state index contributed by atoms with van der Waals surface area (Å²) in [6, 6.07) is 0. The van der Waals surface area contributed by atoms with Crippen molar-refractivity contribution in [1.29, 1.82) is 0 Å². The van der Waals surface area contributed by atoms with Crippen molar-refractivity contribution < 1.29 is 35.3 Å². The van der Waals surface area contributed by atoms with E-state index in [1.165, 1.54) is 0 Å². The Kier molecular flexibility index (Phi) is 17.5. The minimum Gasteiger partial charge on any atom is -0.377 e. The third-order valence-electron chi connectivity index (χ3n) is 2.31. The van der Waals surface area contributed by atoms with Gasteiger partial charge in [0, 0.05) is 19.5 Å². The van der Waals surface area contributed by atoms with Crippen LogP contribution >= 0.6 is 0 Å². The van der Waals surface area contributed by atoms with Crippen LogP contribution in [0.4, 0.5) is 0 Å². The summed E-state index contributed by atoms with van der Waals surface area (Å²) in [5, 5.41) is 10.4. The maximum Gasteiger partial charge on any atom is 2.00 e. The van der Waals surface area contributed by atoms with Gasteiger partial charge in [0.1, 0.15) is 0 Å². The molecule has 0 bridgehead atoms. The molecule has 1 aromatic rings. The van der Waals surface area contributed by atoms with Gasteiger partial charge in [-0.2, -0.15) is 12.0 Å². The monoisotopic (exact) mass is 492 g/mol. The van der Waals surface area contributed by atoms with Crippen molar-refractivity contribution in [1.82, 2.24) is 20.3 Å². The standard InChI is InChI=1S/C12H21N4O3.C3H3.W/c1-3-12(17)13-4-6-18-8-9-19-7-5-16-10-11(2)14-15-16;1-3-2;/h10H,2-9H2,1H3,(H,13,17);1H,2H2;/q2*-1;+2. The van der Waals surface area contributed by atoms with Crippen LogP contribution in [0.2, 0.25) is 0 Å². The minimum absolute atomic E-state index is 0. The summed E-state index contributed by atoms with van der Waals surface area (Å²) in [7, 11) is 0. The van der Waals surface area contributed by atoms with Gasteiger partial charge in [-0.15, -0.1) is 0 Å². The maximum atomic E-state index is 10.9. The van der Waals surface area contributed by atoms with Gasteiger partial charge in [0.05, 0.1) is 26.4 Å². The van der Waals surface area contributed by atoms with Crippen LogP contribution < -0.4 is 5.32 Å². The van der Waals surface area contributed by atoms with Crippen molar-refractivity contribution >= 4 is 5.91 Å². The quantitative estimate of drug-likeness (QED) is 0.292. The van der Waals surface area contributed by atoms with Gasteiger partial charge < -0.3 is 31.8 Å². The largest absolute Gasteiger partial charge is 2.00 e. The average molecular weight is 492 g/mol. The van der Waals surface area contributed by atoms with Crippen molar-refractivity contribution in [2.24, 2.45) is 0 Å². The number of rotatable bonds is 10. The molecule has 0 aliphatic heterocycles. The number of terminal acetylenes is 1. The van der Waals surface area contributed by atoms with Gasteiger partial charge in [0.15, 0.2) is 0 Å². The van der Waals surface area contributed by atoms with Crippen LogP contribution in [0.15, 0.2) is 6.20 Å². The first-order chi connectivity index (χ1) is 10.6. The number of nitrogens with zero attached hydrogens (tertiary/aromatic N) is 3. The normalized spacial score (nSPS) is 9.04. The Balaban J connectivity index is 0. The number of amides is 1. The van der Waals surface area contributed by atoms with Crippen LogP contribution in [-0.2, 0) is 41.9 Å². The van der Waals surface area contributed by atoms with Crippen molar-refractivity contribution in [3.63, 3.8) is 0 Å². The van der Waals surface area contributed by atoms with E-state index in [-0.39, 0.29) is 27.0 Å². The SMILES string of the molecule is C#C[CH2-].[CH2-]c1cn(CCOCCOCCNC(=O)CC)nn1.[W+2]. The first-order valence-corrected chi connectivity index (χ1v) is 7.01. The third-order valence-corrected chi connectivity index (χ3v) is 2.31. The fraction of sp³-hybridized carbons (Fsp3) is 0.533. The predicted octanol–water partition coefficient (Wildman–Crippen LogP) is 0.471. The summed E-state index contributed by atoms with van der Waals surface area (Å²) in [6.07, 6.45) is 6.75. The molecule has 0 unspecified atom stereocenters. The van der Waals surface area contributed by atoms with Gasteiger partial charge in [0.2, 0.25) is 5.91 Å². The molecule has 1 N–H and O–H groups in total. The Morgan fingerprint density at radius 3 is 2.52 bits per heavy atom. The molecule has 0 fully saturated rings. The summed E-state index contributed by atoms with van der Waals surface area (Å²) < 4.78 is 12.4. The van der Waals surface area contributed by atoms with Crippen molar-refractivity contribution in [3.05, 3.63) is 25.7 Å². The fourth-order valence-electron chi connectivity index (χ4n) is 1.32. The zero-order chi connectivity index (χ0) is 16.6. The molecule has 8 heteroatoms. The number of ether oxygens (including phenoxy) is 2. The molecule has 1 amide bonds. The van der Waals surface area contributed by atoms with E-state index in [9.17, 15) is 4.79 Å². The van der Waals surface area contributed by atoms with E-state index in [1.807, 2.05) is 12.8 Å². The molecule has 0 atom stereocenters. The second-order valence-corrected chi connectivity index (χ2v) is 4.11. The van der Waals surface area contributed by atoms with Gasteiger partial charge in [-0.1, -0.05) is 24.0 Å². The summed E-state index contributed by atoms with van der Waals surface area (Å²) in [6.45, 7) is 11.8. The molecule has 1 aromatic heterocycles. The summed E-state index contributed by atoms with van der Waals surface area (Å²) in [5.41, 5.74) is 0.650. The molecule has 1 heterocycles. The molecule has 23 heavy (non-hydrogen) atoms. The van der Waals surface area contributed by atoms with Gasteiger partial charge in [-0.25, -0.2) is 6.92 Å². The van der Waals surface area contributed by atoms with E-state index in [0.717, 1.165) is 0 Å². The molecule has 0 saturated heterocycles. The number of carbonyl (C=O) groups excluding carboxylic acids is 1. The van der Waals surface area contributed by atoms with Crippen molar-refractivity contribution in [2.75, 3.05) is 33.0 Å². The van der Waals surface area contributed by atoms with E-state index < -0.39 is 0 Å². The zero-order valence-electron chi connectivity index (χ0n) is 13.5. The minimum atomic E-state index is 0. The Bertz CT molecular complexity index is 446. The number of carbonyl (C=O) groups is 1. The van der Waals surface area contributed by atoms with Crippen LogP contribution in [0.5, 0.6) is 0 Å². The second-order valence-electron chi connectivity index (χ2n) is 4.11. The molecule has 0 radical (unpaired) electrons. The van der Waals surface area contributed by atoms with Crippen molar-refractivity contribution in [2.45, 2.75) is 19.9 Å². The summed E-state index contributed by atoms with van der Waals surface area (Å²) in [5.74, 6) is 2.04. The van der Waals surface area contributed by atoms with E-state index >= 15 is 0 Å². The Morgan fingerprint density at radius 2 is 2.00 bits per heavy atom. The molecular formula is C15H24N4O3W. The van der Waals surface area contributed by atoms with E-state index in [2.05, 4.69) is 35.9 Å². The second kappa shape index (κ2) is 16.9. The van der Waals surface area contributed by atoms with Gasteiger partial charge in [-0.05, 0) is 0 Å². The number of nitrogens with one attached hydrogen (secondary N) is 1. The first-order valence-electron chi connectivity index (χ1n) is 7.01. The molecule has 0 aromatic carbocycles. The van der Waals surface area contributed by atoms with E-state index in [0.29, 0.717) is 51.6 Å². The number of hydrogen-bond donors (Lipinski definition) is 1. The smallest absolute Gasteiger partial charge is 0.377 e. The van der Waals surface area contributed by atoms with Crippen LogP contribution in [0.3, 0.4) is 0 Å². The molecule has 0 aliphatic rings. The van der Waals surface area contributed by atoms with Crippen LogP contribution in [0, 0.1) is 26.2 Å². The van der Waals surface area contributed by atoms with Gasteiger partial charge in [-0.3, -0.25) is 4.79 Å². The topological polar surface area (TPSA) is 78.3 Å². The van der Waals surface area contributed by atoms with Crippen LogP contribution in [0.25, 0.3) is 0 Å². The molecule has 1 rings (SSSR count). The third kappa shape index (κ3) is 15.2. The molecule has 128 valence electrons. The maximum absolute atomic E-state index is 10.9. The number of aromatic nitrogens is 3. The molecule has 0 spiro atoms. The number of hydrogen-bond acceptors (Lipinski definition) is 5. The average Bonchev–Trinajstić information content (AvgIpc) is 2.91. The Labute approximate surface area is 152 Å². The van der Waals surface area contributed by atoms with Crippen molar-refractivity contribution in [3.8, 4) is 12.3 Å². The fourth-order valence-corrected chi connectivity index (χ4v) is 1.32. The molecular weight excluding hydrogens is 468 g/mol. The van der Waals surface area contributed by atoms with Crippen LogP contribution in [-0.4, -0.2) is 53.9 Å². The Morgan fingerprint density at radius 1 is 1.39 bits per heavy atom. The summed E-state index contributed by atoms with van der Waals surface area (Å²) in [4.78, 5) is 10.9. The molecule has 0 saturated carbocycles.